The van der Waals surface area contributed by atoms with Crippen molar-refractivity contribution in [3.8, 4) is 0 Å². The molecule has 0 heterocycles. The van der Waals surface area contributed by atoms with Crippen molar-refractivity contribution in [2.45, 2.75) is 69.9 Å². The molecule has 0 amide bonds. The lowest BCUT2D eigenvalue weighted by atomic mass is 9.56. The van der Waals surface area contributed by atoms with Crippen LogP contribution < -0.4 is 5.73 Å². The molecule has 2 heteroatoms. The summed E-state index contributed by atoms with van der Waals surface area (Å²) in [4.78, 5) is 2.69. The van der Waals surface area contributed by atoms with Crippen LogP contribution in [0.25, 0.3) is 0 Å². The Morgan fingerprint density at radius 1 is 1.12 bits per heavy atom. The summed E-state index contributed by atoms with van der Waals surface area (Å²) in [5, 5.41) is 0. The predicted octanol–water partition coefficient (Wildman–Crippen LogP) is 2.77. The Morgan fingerprint density at radius 3 is 2.29 bits per heavy atom. The highest BCUT2D eigenvalue weighted by Crippen LogP contribution is 2.54. The zero-order valence-electron chi connectivity index (χ0n) is 11.3. The zero-order chi connectivity index (χ0) is 11.9. The molecule has 0 bridgehead atoms. The molecule has 0 aliphatic heterocycles. The SMILES string of the molecule is CN(C(CN)C1CC1)C1CCC12CCCCC2. The van der Waals surface area contributed by atoms with Gasteiger partial charge in [0.15, 0.2) is 0 Å². The van der Waals surface area contributed by atoms with Crippen molar-refractivity contribution in [1.82, 2.24) is 4.90 Å². The summed E-state index contributed by atoms with van der Waals surface area (Å²) in [5.74, 6) is 0.922. The second kappa shape index (κ2) is 4.55. The van der Waals surface area contributed by atoms with Crippen molar-refractivity contribution in [3.63, 3.8) is 0 Å². The number of nitrogens with two attached hydrogens (primary N) is 1. The first-order chi connectivity index (χ1) is 8.27. The van der Waals surface area contributed by atoms with Gasteiger partial charge in [-0.05, 0) is 56.9 Å². The van der Waals surface area contributed by atoms with Gasteiger partial charge in [-0.15, -0.1) is 0 Å². The molecule has 0 aromatic carbocycles. The monoisotopic (exact) mass is 236 g/mol. The van der Waals surface area contributed by atoms with Gasteiger partial charge in [0.25, 0.3) is 0 Å². The van der Waals surface area contributed by atoms with E-state index in [9.17, 15) is 0 Å². The molecule has 3 rings (SSSR count). The van der Waals surface area contributed by atoms with Gasteiger partial charge in [-0.2, -0.15) is 0 Å². The fourth-order valence-corrected chi connectivity index (χ4v) is 4.56. The molecule has 2 N–H and O–H groups in total. The summed E-state index contributed by atoms with van der Waals surface area (Å²) in [6.45, 7) is 0.869. The Hall–Kier alpha value is -0.0800. The van der Waals surface area contributed by atoms with Gasteiger partial charge >= 0.3 is 0 Å². The van der Waals surface area contributed by atoms with Crippen LogP contribution in [0.1, 0.15) is 57.8 Å². The van der Waals surface area contributed by atoms with E-state index in [0.717, 1.165) is 18.5 Å². The summed E-state index contributed by atoms with van der Waals surface area (Å²) < 4.78 is 0. The molecular formula is C15H28N2. The van der Waals surface area contributed by atoms with Crippen molar-refractivity contribution >= 4 is 0 Å². The van der Waals surface area contributed by atoms with Crippen molar-refractivity contribution < 1.29 is 0 Å². The molecule has 17 heavy (non-hydrogen) atoms. The minimum Gasteiger partial charge on any atom is -0.329 e. The summed E-state index contributed by atoms with van der Waals surface area (Å²) >= 11 is 0. The highest BCUT2D eigenvalue weighted by Gasteiger charge is 2.50. The maximum absolute atomic E-state index is 6.01. The molecule has 0 aromatic heterocycles. The summed E-state index contributed by atoms with van der Waals surface area (Å²) in [6, 6.07) is 1.54. The van der Waals surface area contributed by atoms with Crippen molar-refractivity contribution in [2.75, 3.05) is 13.6 Å². The molecule has 3 aliphatic rings. The topological polar surface area (TPSA) is 29.3 Å². The predicted molar refractivity (Wildman–Crippen MR) is 71.9 cm³/mol. The maximum Gasteiger partial charge on any atom is 0.0246 e. The van der Waals surface area contributed by atoms with E-state index in [1.54, 1.807) is 0 Å². The second-order valence-corrected chi connectivity index (χ2v) is 6.78. The highest BCUT2D eigenvalue weighted by molar-refractivity contribution is 5.04. The largest absolute Gasteiger partial charge is 0.329 e. The van der Waals surface area contributed by atoms with Crippen LogP contribution in [0.4, 0.5) is 0 Å². The molecule has 2 unspecified atom stereocenters. The van der Waals surface area contributed by atoms with E-state index in [1.165, 1.54) is 57.8 Å². The Kier molecular flexibility index (Phi) is 3.20. The van der Waals surface area contributed by atoms with Crippen LogP contribution >= 0.6 is 0 Å². The third kappa shape index (κ3) is 2.04. The maximum atomic E-state index is 6.01. The zero-order valence-corrected chi connectivity index (χ0v) is 11.3. The van der Waals surface area contributed by atoms with Crippen LogP contribution in [0, 0.1) is 11.3 Å². The van der Waals surface area contributed by atoms with E-state index < -0.39 is 0 Å². The number of nitrogens with zero attached hydrogens (tertiary/aromatic N) is 1. The first-order valence-electron chi connectivity index (χ1n) is 7.69. The Labute approximate surface area is 106 Å². The molecule has 1 spiro atoms. The number of hydrogen-bond acceptors (Lipinski definition) is 2. The third-order valence-corrected chi connectivity index (χ3v) is 5.89. The van der Waals surface area contributed by atoms with E-state index in [4.69, 9.17) is 5.73 Å². The fourth-order valence-electron chi connectivity index (χ4n) is 4.56. The van der Waals surface area contributed by atoms with E-state index in [1.807, 2.05) is 0 Å². The summed E-state index contributed by atoms with van der Waals surface area (Å²) in [5.41, 5.74) is 6.71. The third-order valence-electron chi connectivity index (χ3n) is 5.89. The lowest BCUT2D eigenvalue weighted by Gasteiger charge is -2.57. The molecule has 3 fully saturated rings. The van der Waals surface area contributed by atoms with E-state index in [-0.39, 0.29) is 0 Å². The molecular weight excluding hydrogens is 208 g/mol. The quantitative estimate of drug-likeness (QED) is 0.813. The molecule has 2 nitrogen and oxygen atoms in total. The highest BCUT2D eigenvalue weighted by atomic mass is 15.2. The van der Waals surface area contributed by atoms with Crippen LogP contribution in [0.2, 0.25) is 0 Å². The smallest absolute Gasteiger partial charge is 0.0246 e. The van der Waals surface area contributed by atoms with Crippen LogP contribution in [-0.2, 0) is 0 Å². The van der Waals surface area contributed by atoms with Crippen LogP contribution in [0.3, 0.4) is 0 Å². The first-order valence-corrected chi connectivity index (χ1v) is 7.69. The standard InChI is InChI=1S/C15H28N2/c1-17(13(11-16)12-5-6-12)14-7-10-15(14)8-3-2-4-9-15/h12-14H,2-11,16H2,1H3. The molecule has 0 saturated heterocycles. The lowest BCUT2D eigenvalue weighted by Crippen LogP contribution is -2.59. The van der Waals surface area contributed by atoms with Gasteiger partial charge in [0, 0.05) is 18.6 Å². The van der Waals surface area contributed by atoms with Gasteiger partial charge in [0.2, 0.25) is 0 Å². The average Bonchev–Trinajstić information content (AvgIpc) is 3.14. The normalized spacial score (nSPS) is 33.7. The second-order valence-electron chi connectivity index (χ2n) is 6.78. The van der Waals surface area contributed by atoms with Gasteiger partial charge in [-0.3, -0.25) is 4.90 Å². The van der Waals surface area contributed by atoms with E-state index >= 15 is 0 Å². The minimum atomic E-state index is 0.680. The van der Waals surface area contributed by atoms with Gasteiger partial charge < -0.3 is 5.73 Å². The van der Waals surface area contributed by atoms with Gasteiger partial charge in [-0.25, -0.2) is 0 Å². The molecule has 0 aromatic rings. The van der Waals surface area contributed by atoms with Crippen LogP contribution in [0.15, 0.2) is 0 Å². The number of hydrogen-bond donors (Lipinski definition) is 1. The van der Waals surface area contributed by atoms with E-state index in [2.05, 4.69) is 11.9 Å². The van der Waals surface area contributed by atoms with Crippen LogP contribution in [-0.4, -0.2) is 30.6 Å². The molecule has 98 valence electrons. The van der Waals surface area contributed by atoms with Gasteiger partial charge in [0.1, 0.15) is 0 Å². The molecule has 3 aliphatic carbocycles. The summed E-state index contributed by atoms with van der Waals surface area (Å²) in [7, 11) is 2.36. The lowest BCUT2D eigenvalue weighted by molar-refractivity contribution is -0.0604. The summed E-state index contributed by atoms with van der Waals surface area (Å²) in [6.07, 6.45) is 13.2. The van der Waals surface area contributed by atoms with Crippen LogP contribution in [0.5, 0.6) is 0 Å². The Morgan fingerprint density at radius 2 is 1.82 bits per heavy atom. The fraction of sp³-hybridized carbons (Fsp3) is 1.00. The average molecular weight is 236 g/mol. The van der Waals surface area contributed by atoms with Gasteiger partial charge in [-0.1, -0.05) is 19.3 Å². The Bertz CT molecular complexity index is 266. The molecule has 3 saturated carbocycles. The minimum absolute atomic E-state index is 0.680. The first kappa shape index (κ1) is 12.0. The number of rotatable bonds is 4. The van der Waals surface area contributed by atoms with E-state index in [0.29, 0.717) is 11.5 Å². The van der Waals surface area contributed by atoms with Crippen molar-refractivity contribution in [2.24, 2.45) is 17.1 Å². The Balaban J connectivity index is 1.66. The molecule has 0 radical (unpaired) electrons. The van der Waals surface area contributed by atoms with Gasteiger partial charge in [0.05, 0.1) is 0 Å². The van der Waals surface area contributed by atoms with Crippen molar-refractivity contribution in [3.05, 3.63) is 0 Å². The molecule has 2 atom stereocenters. The van der Waals surface area contributed by atoms with Crippen molar-refractivity contribution in [1.29, 1.82) is 0 Å². The number of likely N-dealkylation sites (N-methyl/N-ethyl adjacent to an activating group) is 1.